The molecule has 0 bridgehead atoms. The first kappa shape index (κ1) is 14.1. The molecule has 0 N–H and O–H groups in total. The Morgan fingerprint density at radius 3 is 2.89 bits per heavy atom. The lowest BCUT2D eigenvalue weighted by atomic mass is 10.2. The Balaban J connectivity index is 2.63. The summed E-state index contributed by atoms with van der Waals surface area (Å²) in [6.07, 6.45) is 2.12. The van der Waals surface area contributed by atoms with Crippen molar-refractivity contribution in [2.45, 2.75) is 13.0 Å². The van der Waals surface area contributed by atoms with Crippen LogP contribution in [0.5, 0.6) is 0 Å². The van der Waals surface area contributed by atoms with E-state index in [4.69, 9.17) is 15.3 Å². The molecule has 0 fully saturated rings. The van der Waals surface area contributed by atoms with Crippen molar-refractivity contribution in [2.75, 3.05) is 26.8 Å². The summed E-state index contributed by atoms with van der Waals surface area (Å²) in [6, 6.07) is 7.81. The first-order chi connectivity index (χ1) is 8.80. The van der Waals surface area contributed by atoms with E-state index >= 15 is 0 Å². The van der Waals surface area contributed by atoms with Gasteiger partial charge in [0.25, 0.3) is 0 Å². The van der Waals surface area contributed by atoms with E-state index in [-0.39, 0.29) is 0 Å². The quantitative estimate of drug-likeness (QED) is 0.723. The van der Waals surface area contributed by atoms with Gasteiger partial charge in [-0.3, -0.25) is 4.90 Å². The smallest absolute Gasteiger partial charge is 0.140 e. The summed E-state index contributed by atoms with van der Waals surface area (Å²) in [5.41, 5.74) is 1.44. The molecule has 5 heteroatoms. The van der Waals surface area contributed by atoms with Crippen LogP contribution in [0.15, 0.2) is 18.3 Å². The number of aromatic nitrogens is 1. The third-order valence-corrected chi connectivity index (χ3v) is 2.50. The molecule has 0 saturated heterocycles. The van der Waals surface area contributed by atoms with E-state index in [1.807, 2.05) is 12.1 Å². The molecule has 0 unspecified atom stereocenters. The highest BCUT2D eigenvalue weighted by molar-refractivity contribution is 5.25. The zero-order chi connectivity index (χ0) is 13.2. The van der Waals surface area contributed by atoms with Crippen LogP contribution in [0.1, 0.15) is 17.7 Å². The van der Waals surface area contributed by atoms with Gasteiger partial charge in [-0.25, -0.2) is 4.98 Å². The summed E-state index contributed by atoms with van der Waals surface area (Å²) >= 11 is 0. The number of pyridine rings is 1. The lowest BCUT2D eigenvalue weighted by Gasteiger charge is -2.20. The van der Waals surface area contributed by atoms with Crippen molar-refractivity contribution in [3.63, 3.8) is 0 Å². The Labute approximate surface area is 107 Å². The molecule has 1 aromatic heterocycles. The van der Waals surface area contributed by atoms with Crippen molar-refractivity contribution >= 4 is 0 Å². The Kier molecular flexibility index (Phi) is 6.42. The van der Waals surface area contributed by atoms with Crippen LogP contribution in [0, 0.1) is 22.7 Å². The first-order valence-electron chi connectivity index (χ1n) is 5.73. The zero-order valence-corrected chi connectivity index (χ0v) is 10.5. The van der Waals surface area contributed by atoms with E-state index in [1.165, 1.54) is 0 Å². The van der Waals surface area contributed by atoms with Crippen molar-refractivity contribution in [3.8, 4) is 12.1 Å². The molecule has 0 atom stereocenters. The van der Waals surface area contributed by atoms with Crippen molar-refractivity contribution in [1.82, 2.24) is 9.88 Å². The fourth-order valence-corrected chi connectivity index (χ4v) is 1.59. The third kappa shape index (κ3) is 4.92. The molecule has 0 amide bonds. The van der Waals surface area contributed by atoms with Gasteiger partial charge in [-0.05, 0) is 17.7 Å². The van der Waals surface area contributed by atoms with Crippen molar-refractivity contribution in [2.24, 2.45) is 0 Å². The van der Waals surface area contributed by atoms with Crippen LogP contribution in [-0.2, 0) is 11.3 Å². The highest BCUT2D eigenvalue weighted by Gasteiger charge is 2.06. The van der Waals surface area contributed by atoms with Crippen LogP contribution in [0.2, 0.25) is 0 Å². The average Bonchev–Trinajstić information content (AvgIpc) is 2.42. The lowest BCUT2D eigenvalue weighted by Crippen LogP contribution is -2.28. The molecule has 0 aliphatic heterocycles. The predicted octanol–water partition coefficient (Wildman–Crippen LogP) is 1.32. The molecule has 0 radical (unpaired) electrons. The fraction of sp³-hybridized carbons (Fsp3) is 0.462. The van der Waals surface area contributed by atoms with Gasteiger partial charge in [-0.1, -0.05) is 0 Å². The standard InChI is InChI=1S/C13H16N4O/c1-18-8-7-17(6-2-4-14)11-12-3-5-16-13(9-12)10-15/h3,5,9H,2,6-8,11H2,1H3. The van der Waals surface area contributed by atoms with E-state index in [9.17, 15) is 0 Å². The summed E-state index contributed by atoms with van der Waals surface area (Å²) in [6.45, 7) is 2.79. The normalized spacial score (nSPS) is 10.0. The first-order valence-corrected chi connectivity index (χ1v) is 5.73. The van der Waals surface area contributed by atoms with Crippen LogP contribution < -0.4 is 0 Å². The van der Waals surface area contributed by atoms with Gasteiger partial charge in [-0.2, -0.15) is 10.5 Å². The summed E-state index contributed by atoms with van der Waals surface area (Å²) < 4.78 is 5.05. The largest absolute Gasteiger partial charge is 0.383 e. The Bertz CT molecular complexity index is 447. The van der Waals surface area contributed by atoms with E-state index in [0.29, 0.717) is 31.8 Å². The molecular formula is C13H16N4O. The number of rotatable bonds is 7. The minimum absolute atomic E-state index is 0.416. The molecule has 0 aromatic carbocycles. The van der Waals surface area contributed by atoms with E-state index in [1.54, 1.807) is 19.4 Å². The second-order valence-electron chi connectivity index (χ2n) is 3.84. The summed E-state index contributed by atoms with van der Waals surface area (Å²) in [5, 5.41) is 17.4. The topological polar surface area (TPSA) is 72.9 Å². The number of ether oxygens (including phenoxy) is 1. The van der Waals surface area contributed by atoms with E-state index in [2.05, 4.69) is 16.0 Å². The predicted molar refractivity (Wildman–Crippen MR) is 66.3 cm³/mol. The minimum atomic E-state index is 0.416. The van der Waals surface area contributed by atoms with Crippen molar-refractivity contribution in [1.29, 1.82) is 10.5 Å². The van der Waals surface area contributed by atoms with Gasteiger partial charge < -0.3 is 4.74 Å². The van der Waals surface area contributed by atoms with Gasteiger partial charge in [0.1, 0.15) is 11.8 Å². The highest BCUT2D eigenvalue weighted by atomic mass is 16.5. The van der Waals surface area contributed by atoms with Crippen molar-refractivity contribution < 1.29 is 4.74 Å². The van der Waals surface area contributed by atoms with Gasteiger partial charge in [-0.15, -0.1) is 0 Å². The molecule has 5 nitrogen and oxygen atoms in total. The van der Waals surface area contributed by atoms with E-state index in [0.717, 1.165) is 12.1 Å². The van der Waals surface area contributed by atoms with Crippen LogP contribution in [-0.4, -0.2) is 36.7 Å². The molecule has 1 aromatic rings. The molecule has 0 aliphatic carbocycles. The van der Waals surface area contributed by atoms with E-state index < -0.39 is 0 Å². The zero-order valence-electron chi connectivity index (χ0n) is 10.5. The fourth-order valence-electron chi connectivity index (χ4n) is 1.59. The van der Waals surface area contributed by atoms with Gasteiger partial charge in [0, 0.05) is 39.4 Å². The molecule has 1 heterocycles. The van der Waals surface area contributed by atoms with Crippen LogP contribution >= 0.6 is 0 Å². The van der Waals surface area contributed by atoms with Gasteiger partial charge in [0.2, 0.25) is 0 Å². The lowest BCUT2D eigenvalue weighted by molar-refractivity contribution is 0.145. The summed E-state index contributed by atoms with van der Waals surface area (Å²) in [4.78, 5) is 6.06. The monoisotopic (exact) mass is 244 g/mol. The molecule has 0 spiro atoms. The van der Waals surface area contributed by atoms with Crippen LogP contribution in [0.4, 0.5) is 0 Å². The maximum Gasteiger partial charge on any atom is 0.140 e. The molecule has 18 heavy (non-hydrogen) atoms. The Hall–Kier alpha value is -1.95. The van der Waals surface area contributed by atoms with Gasteiger partial charge >= 0.3 is 0 Å². The summed E-state index contributed by atoms with van der Waals surface area (Å²) in [7, 11) is 1.66. The average molecular weight is 244 g/mol. The number of methoxy groups -OCH3 is 1. The second-order valence-corrected chi connectivity index (χ2v) is 3.84. The second kappa shape index (κ2) is 8.19. The SMILES string of the molecule is COCCN(CCC#N)Cc1ccnc(C#N)c1. The number of hydrogen-bond acceptors (Lipinski definition) is 5. The number of hydrogen-bond donors (Lipinski definition) is 0. The Morgan fingerprint density at radius 1 is 1.39 bits per heavy atom. The van der Waals surface area contributed by atoms with Crippen molar-refractivity contribution in [3.05, 3.63) is 29.6 Å². The minimum Gasteiger partial charge on any atom is -0.383 e. The highest BCUT2D eigenvalue weighted by Crippen LogP contribution is 2.06. The van der Waals surface area contributed by atoms with Crippen LogP contribution in [0.3, 0.4) is 0 Å². The van der Waals surface area contributed by atoms with Crippen LogP contribution in [0.25, 0.3) is 0 Å². The van der Waals surface area contributed by atoms with Gasteiger partial charge in [0.05, 0.1) is 12.7 Å². The maximum absolute atomic E-state index is 8.79. The summed E-state index contributed by atoms with van der Waals surface area (Å²) in [5.74, 6) is 0. The molecule has 94 valence electrons. The molecular weight excluding hydrogens is 228 g/mol. The molecule has 0 aliphatic rings. The maximum atomic E-state index is 8.79. The molecule has 1 rings (SSSR count). The number of nitriles is 2. The third-order valence-electron chi connectivity index (χ3n) is 2.50. The number of nitrogens with zero attached hydrogens (tertiary/aromatic N) is 4. The van der Waals surface area contributed by atoms with Gasteiger partial charge in [0.15, 0.2) is 0 Å². The molecule has 0 saturated carbocycles. The Morgan fingerprint density at radius 2 is 2.22 bits per heavy atom.